The maximum Gasteiger partial charge on any atom is 0.0507 e. The zero-order valence-electron chi connectivity index (χ0n) is 12.9. The van der Waals surface area contributed by atoms with Gasteiger partial charge in [0, 0.05) is 5.71 Å². The monoisotopic (exact) mass is 237 g/mol. The van der Waals surface area contributed by atoms with Gasteiger partial charge < -0.3 is 0 Å². The van der Waals surface area contributed by atoms with Crippen LogP contribution in [0.15, 0.2) is 4.99 Å². The molecule has 0 aromatic rings. The molecule has 1 aliphatic heterocycles. The second-order valence-corrected chi connectivity index (χ2v) is 7.27. The van der Waals surface area contributed by atoms with Crippen LogP contribution in [0.2, 0.25) is 0 Å². The topological polar surface area (TPSA) is 12.4 Å². The third kappa shape index (κ3) is 3.82. The van der Waals surface area contributed by atoms with Crippen LogP contribution in [0.1, 0.15) is 67.7 Å². The smallest absolute Gasteiger partial charge is 0.0507 e. The molecular formula is C16H31N. The van der Waals surface area contributed by atoms with Crippen molar-refractivity contribution in [1.82, 2.24) is 0 Å². The number of aliphatic imine (C=N–C) groups is 1. The van der Waals surface area contributed by atoms with Gasteiger partial charge in [0.25, 0.3) is 0 Å². The summed E-state index contributed by atoms with van der Waals surface area (Å²) in [6, 6.07) is 0.520. The van der Waals surface area contributed by atoms with E-state index in [1.54, 1.807) is 0 Å². The Kier molecular flexibility index (Phi) is 4.80. The van der Waals surface area contributed by atoms with Gasteiger partial charge in [0.05, 0.1) is 6.04 Å². The van der Waals surface area contributed by atoms with Gasteiger partial charge in [-0.1, -0.05) is 41.5 Å². The Balaban J connectivity index is 2.71. The second-order valence-electron chi connectivity index (χ2n) is 7.27. The fraction of sp³-hybridized carbons (Fsp3) is 0.938. The zero-order valence-corrected chi connectivity index (χ0v) is 12.9. The number of rotatable bonds is 4. The molecule has 0 N–H and O–H groups in total. The minimum Gasteiger partial charge on any atom is -0.290 e. The Morgan fingerprint density at radius 1 is 1.29 bits per heavy atom. The zero-order chi connectivity index (χ0) is 13.2. The first-order valence-corrected chi connectivity index (χ1v) is 7.32. The third-order valence-electron chi connectivity index (χ3n) is 4.21. The summed E-state index contributed by atoms with van der Waals surface area (Å²) in [5.41, 5.74) is 1.90. The van der Waals surface area contributed by atoms with Crippen LogP contribution in [0.25, 0.3) is 0 Å². The van der Waals surface area contributed by atoms with Crippen LogP contribution >= 0.6 is 0 Å². The highest BCUT2D eigenvalue weighted by Gasteiger charge is 2.36. The van der Waals surface area contributed by atoms with Crippen molar-refractivity contribution in [3.63, 3.8) is 0 Å². The van der Waals surface area contributed by atoms with Crippen molar-refractivity contribution in [3.8, 4) is 0 Å². The summed E-state index contributed by atoms with van der Waals surface area (Å²) in [6.07, 6.45) is 3.79. The molecular weight excluding hydrogens is 206 g/mol. The van der Waals surface area contributed by atoms with Crippen LogP contribution in [0, 0.1) is 23.2 Å². The lowest BCUT2D eigenvalue weighted by molar-refractivity contribution is 0.229. The Labute approximate surface area is 108 Å². The van der Waals surface area contributed by atoms with Gasteiger partial charge in [0.2, 0.25) is 0 Å². The van der Waals surface area contributed by atoms with Crippen LogP contribution in [-0.4, -0.2) is 11.8 Å². The van der Waals surface area contributed by atoms with Gasteiger partial charge >= 0.3 is 0 Å². The number of hydrogen-bond donors (Lipinski definition) is 0. The summed E-state index contributed by atoms with van der Waals surface area (Å²) in [7, 11) is 0. The largest absolute Gasteiger partial charge is 0.290 e. The summed E-state index contributed by atoms with van der Waals surface area (Å²) >= 11 is 0. The quantitative estimate of drug-likeness (QED) is 0.655. The average molecular weight is 237 g/mol. The van der Waals surface area contributed by atoms with Crippen molar-refractivity contribution in [2.45, 2.75) is 73.8 Å². The molecule has 0 aromatic heterocycles. The first-order valence-electron chi connectivity index (χ1n) is 7.32. The SMILES string of the molecule is CCC(CC(C)C)C1=NC(C)C(C(C)(C)C)C1. The third-order valence-corrected chi connectivity index (χ3v) is 4.21. The fourth-order valence-corrected chi connectivity index (χ4v) is 3.21. The van der Waals surface area contributed by atoms with E-state index in [2.05, 4.69) is 48.5 Å². The van der Waals surface area contributed by atoms with Gasteiger partial charge in [0.1, 0.15) is 0 Å². The van der Waals surface area contributed by atoms with Crippen LogP contribution in [0.3, 0.4) is 0 Å². The molecule has 1 rings (SSSR count). The number of nitrogens with zero attached hydrogens (tertiary/aromatic N) is 1. The van der Waals surface area contributed by atoms with Crippen molar-refractivity contribution < 1.29 is 0 Å². The van der Waals surface area contributed by atoms with E-state index in [0.29, 0.717) is 11.5 Å². The molecule has 0 aromatic carbocycles. The first-order chi connectivity index (χ1) is 7.75. The number of hydrogen-bond acceptors (Lipinski definition) is 1. The minimum absolute atomic E-state index is 0.390. The standard InChI is InChI=1S/C16H31N/c1-8-13(9-11(2)3)15-10-14(12(4)17-15)16(5,6)7/h11-14H,8-10H2,1-7H3. The van der Waals surface area contributed by atoms with E-state index >= 15 is 0 Å². The maximum atomic E-state index is 4.98. The Morgan fingerprint density at radius 2 is 1.88 bits per heavy atom. The molecule has 0 fully saturated rings. The summed E-state index contributed by atoms with van der Waals surface area (Å²) in [5, 5.41) is 0. The molecule has 0 bridgehead atoms. The van der Waals surface area contributed by atoms with Crippen LogP contribution in [0.4, 0.5) is 0 Å². The van der Waals surface area contributed by atoms with Crippen LogP contribution in [-0.2, 0) is 0 Å². The van der Waals surface area contributed by atoms with Crippen molar-refractivity contribution in [2.24, 2.45) is 28.2 Å². The average Bonchev–Trinajstić information content (AvgIpc) is 2.55. The van der Waals surface area contributed by atoms with Gasteiger partial charge in [-0.2, -0.15) is 0 Å². The Bertz CT molecular complexity index is 270. The van der Waals surface area contributed by atoms with E-state index in [9.17, 15) is 0 Å². The molecule has 0 saturated heterocycles. The molecule has 0 aliphatic carbocycles. The van der Waals surface area contributed by atoms with Gasteiger partial charge in [-0.05, 0) is 49.4 Å². The molecule has 1 nitrogen and oxygen atoms in total. The Morgan fingerprint density at radius 3 is 2.24 bits per heavy atom. The van der Waals surface area contributed by atoms with E-state index in [1.165, 1.54) is 25.0 Å². The minimum atomic E-state index is 0.390. The van der Waals surface area contributed by atoms with Crippen molar-refractivity contribution in [2.75, 3.05) is 0 Å². The molecule has 0 saturated carbocycles. The molecule has 0 amide bonds. The molecule has 3 unspecified atom stereocenters. The summed E-state index contributed by atoms with van der Waals surface area (Å²) < 4.78 is 0. The summed E-state index contributed by atoms with van der Waals surface area (Å²) in [4.78, 5) is 4.98. The van der Waals surface area contributed by atoms with Crippen molar-refractivity contribution >= 4 is 5.71 Å². The maximum absolute atomic E-state index is 4.98. The molecule has 1 aliphatic rings. The molecule has 3 atom stereocenters. The van der Waals surface area contributed by atoms with Crippen molar-refractivity contribution in [3.05, 3.63) is 0 Å². The summed E-state index contributed by atoms with van der Waals surface area (Å²) in [6.45, 7) is 16.3. The van der Waals surface area contributed by atoms with Crippen molar-refractivity contribution in [1.29, 1.82) is 0 Å². The molecule has 100 valence electrons. The molecule has 1 heterocycles. The highest BCUT2D eigenvalue weighted by molar-refractivity contribution is 5.88. The van der Waals surface area contributed by atoms with E-state index in [-0.39, 0.29) is 0 Å². The van der Waals surface area contributed by atoms with Crippen LogP contribution in [0.5, 0.6) is 0 Å². The summed E-state index contributed by atoms with van der Waals surface area (Å²) in [5.74, 6) is 2.25. The lowest BCUT2D eigenvalue weighted by Crippen LogP contribution is -2.27. The molecule has 0 radical (unpaired) electrons. The van der Waals surface area contributed by atoms with Gasteiger partial charge in [0.15, 0.2) is 0 Å². The van der Waals surface area contributed by atoms with Gasteiger partial charge in [-0.3, -0.25) is 4.99 Å². The highest BCUT2D eigenvalue weighted by Crippen LogP contribution is 2.39. The Hall–Kier alpha value is -0.330. The van der Waals surface area contributed by atoms with Gasteiger partial charge in [-0.15, -0.1) is 0 Å². The lowest BCUT2D eigenvalue weighted by Gasteiger charge is -2.30. The predicted octanol–water partition coefficient (Wildman–Crippen LogP) is 4.95. The first kappa shape index (κ1) is 14.7. The van der Waals surface area contributed by atoms with E-state index in [0.717, 1.165) is 17.8 Å². The van der Waals surface area contributed by atoms with Crippen LogP contribution < -0.4 is 0 Å². The molecule has 17 heavy (non-hydrogen) atoms. The van der Waals surface area contributed by atoms with E-state index in [1.807, 2.05) is 0 Å². The lowest BCUT2D eigenvalue weighted by atomic mass is 9.74. The van der Waals surface area contributed by atoms with Gasteiger partial charge in [-0.25, -0.2) is 0 Å². The highest BCUT2D eigenvalue weighted by atomic mass is 14.9. The second kappa shape index (κ2) is 5.54. The van der Waals surface area contributed by atoms with E-state index < -0.39 is 0 Å². The van der Waals surface area contributed by atoms with E-state index in [4.69, 9.17) is 4.99 Å². The predicted molar refractivity (Wildman–Crippen MR) is 77.7 cm³/mol. The molecule has 1 heteroatoms. The fourth-order valence-electron chi connectivity index (χ4n) is 3.21. The normalized spacial score (nSPS) is 27.4. The molecule has 0 spiro atoms.